The average molecular weight is 291 g/mol. The maximum Gasteiger partial charge on any atom is 0.164 e. The Morgan fingerprint density at radius 1 is 1.05 bits per heavy atom. The summed E-state index contributed by atoms with van der Waals surface area (Å²) < 4.78 is 13.6. The van der Waals surface area contributed by atoms with E-state index in [4.69, 9.17) is 9.47 Å². The van der Waals surface area contributed by atoms with Crippen molar-refractivity contribution >= 4 is 17.1 Å². The molecule has 0 aliphatic carbocycles. The molecule has 0 saturated heterocycles. The highest BCUT2D eigenvalue weighted by Crippen LogP contribution is 2.37. The molecule has 3 heteroatoms. The molecule has 0 N–H and O–H groups in total. The van der Waals surface area contributed by atoms with Crippen LogP contribution in [-0.4, -0.2) is 11.7 Å². The number of benzene rings is 2. The fraction of sp³-hybridized carbons (Fsp3) is 0.158. The van der Waals surface area contributed by atoms with Gasteiger partial charge in [-0.25, -0.2) is 0 Å². The van der Waals surface area contributed by atoms with Crippen LogP contribution in [-0.2, 0) is 4.74 Å². The van der Waals surface area contributed by atoms with Crippen LogP contribution in [0.2, 0.25) is 0 Å². The SMILES string of the molecule is COc1ccc(C2OC(C)=Cn3c2cc2ccccc23)cc1. The molecule has 1 aliphatic heterocycles. The lowest BCUT2D eigenvalue weighted by Gasteiger charge is -2.25. The van der Waals surface area contributed by atoms with Crippen LogP contribution in [0.4, 0.5) is 0 Å². The van der Waals surface area contributed by atoms with E-state index < -0.39 is 0 Å². The molecule has 1 aliphatic rings. The lowest BCUT2D eigenvalue weighted by atomic mass is 10.1. The molecule has 0 radical (unpaired) electrons. The summed E-state index contributed by atoms with van der Waals surface area (Å²) in [5.41, 5.74) is 3.48. The van der Waals surface area contributed by atoms with E-state index in [9.17, 15) is 0 Å². The van der Waals surface area contributed by atoms with Gasteiger partial charge in [0.05, 0.1) is 18.3 Å². The summed E-state index contributed by atoms with van der Waals surface area (Å²) in [6, 6.07) is 18.7. The Balaban J connectivity index is 1.87. The third kappa shape index (κ3) is 1.98. The summed E-state index contributed by atoms with van der Waals surface area (Å²) in [7, 11) is 1.68. The van der Waals surface area contributed by atoms with Gasteiger partial charge >= 0.3 is 0 Å². The monoisotopic (exact) mass is 291 g/mol. The zero-order valence-corrected chi connectivity index (χ0v) is 12.6. The van der Waals surface area contributed by atoms with Crippen molar-refractivity contribution in [3.63, 3.8) is 0 Å². The summed E-state index contributed by atoms with van der Waals surface area (Å²) in [5.74, 6) is 1.77. The highest BCUT2D eigenvalue weighted by molar-refractivity contribution is 5.84. The van der Waals surface area contributed by atoms with Gasteiger partial charge in [-0.15, -0.1) is 0 Å². The van der Waals surface area contributed by atoms with E-state index >= 15 is 0 Å². The molecule has 4 rings (SSSR count). The molecule has 0 bridgehead atoms. The van der Waals surface area contributed by atoms with Crippen LogP contribution in [0, 0.1) is 0 Å². The van der Waals surface area contributed by atoms with E-state index in [1.54, 1.807) is 7.11 Å². The number of rotatable bonds is 2. The number of para-hydroxylation sites is 1. The first kappa shape index (κ1) is 13.0. The molecule has 110 valence electrons. The lowest BCUT2D eigenvalue weighted by Crippen LogP contribution is -2.14. The molecule has 0 saturated carbocycles. The standard InChI is InChI=1S/C19H17NO2/c1-13-12-20-17-6-4-3-5-15(17)11-18(20)19(22-13)14-7-9-16(21-2)10-8-14/h3-12,19H,1-2H3. The Bertz CT molecular complexity index is 859. The van der Waals surface area contributed by atoms with Crippen LogP contribution in [0.3, 0.4) is 0 Å². The number of hydrogen-bond acceptors (Lipinski definition) is 2. The van der Waals surface area contributed by atoms with Crippen molar-refractivity contribution < 1.29 is 9.47 Å². The van der Waals surface area contributed by atoms with Gasteiger partial charge in [-0.2, -0.15) is 0 Å². The molecule has 0 fully saturated rings. The molecular weight excluding hydrogens is 274 g/mol. The molecule has 1 unspecified atom stereocenters. The van der Waals surface area contributed by atoms with Crippen molar-refractivity contribution in [2.45, 2.75) is 13.0 Å². The molecular formula is C19H17NO2. The number of aromatic nitrogens is 1. The van der Waals surface area contributed by atoms with Crippen LogP contribution in [0.25, 0.3) is 17.1 Å². The summed E-state index contributed by atoms with van der Waals surface area (Å²) >= 11 is 0. The van der Waals surface area contributed by atoms with Crippen LogP contribution >= 0.6 is 0 Å². The molecule has 2 aromatic carbocycles. The minimum absolute atomic E-state index is 0.0942. The highest BCUT2D eigenvalue weighted by Gasteiger charge is 2.25. The Labute approximate surface area is 129 Å². The third-order valence-electron chi connectivity index (χ3n) is 4.08. The Kier molecular flexibility index (Phi) is 2.93. The average Bonchev–Trinajstić information content (AvgIpc) is 2.93. The van der Waals surface area contributed by atoms with Gasteiger partial charge in [0.1, 0.15) is 11.5 Å². The molecule has 2 heterocycles. The maximum absolute atomic E-state index is 6.10. The predicted octanol–water partition coefficient (Wildman–Crippen LogP) is 4.59. The molecule has 0 spiro atoms. The van der Waals surface area contributed by atoms with Crippen LogP contribution in [0.5, 0.6) is 5.75 Å². The highest BCUT2D eigenvalue weighted by atomic mass is 16.5. The normalized spacial score (nSPS) is 16.8. The van der Waals surface area contributed by atoms with Crippen molar-refractivity contribution in [2.24, 2.45) is 0 Å². The van der Waals surface area contributed by atoms with E-state index in [0.29, 0.717) is 0 Å². The minimum atomic E-state index is -0.0942. The van der Waals surface area contributed by atoms with Gasteiger partial charge in [0.25, 0.3) is 0 Å². The first-order chi connectivity index (χ1) is 10.8. The van der Waals surface area contributed by atoms with Crippen LogP contribution < -0.4 is 4.74 Å². The molecule has 3 aromatic rings. The van der Waals surface area contributed by atoms with Crippen molar-refractivity contribution in [1.82, 2.24) is 4.57 Å². The van der Waals surface area contributed by atoms with Crippen molar-refractivity contribution in [3.8, 4) is 5.75 Å². The lowest BCUT2D eigenvalue weighted by molar-refractivity contribution is 0.141. The summed E-state index contributed by atoms with van der Waals surface area (Å²) in [6.45, 7) is 1.99. The third-order valence-corrected chi connectivity index (χ3v) is 4.08. The summed E-state index contributed by atoms with van der Waals surface area (Å²) in [6.07, 6.45) is 1.96. The van der Waals surface area contributed by atoms with Gasteiger partial charge in [0, 0.05) is 11.6 Å². The second kappa shape index (κ2) is 4.95. The molecule has 3 nitrogen and oxygen atoms in total. The van der Waals surface area contributed by atoms with E-state index in [2.05, 4.69) is 53.2 Å². The summed E-state index contributed by atoms with van der Waals surface area (Å²) in [4.78, 5) is 0. The maximum atomic E-state index is 6.10. The minimum Gasteiger partial charge on any atom is -0.497 e. The predicted molar refractivity (Wildman–Crippen MR) is 87.8 cm³/mol. The first-order valence-electron chi connectivity index (χ1n) is 7.35. The second-order valence-corrected chi connectivity index (χ2v) is 5.51. The smallest absolute Gasteiger partial charge is 0.164 e. The van der Waals surface area contributed by atoms with Gasteiger partial charge in [-0.3, -0.25) is 0 Å². The Morgan fingerprint density at radius 2 is 1.82 bits per heavy atom. The first-order valence-corrected chi connectivity index (χ1v) is 7.35. The number of hydrogen-bond donors (Lipinski definition) is 0. The largest absolute Gasteiger partial charge is 0.497 e. The van der Waals surface area contributed by atoms with Gasteiger partial charge in [0.15, 0.2) is 6.10 Å². The number of nitrogens with zero attached hydrogens (tertiary/aromatic N) is 1. The molecule has 1 atom stereocenters. The number of ether oxygens (including phenoxy) is 2. The molecule has 0 amide bonds. The zero-order chi connectivity index (χ0) is 15.1. The van der Waals surface area contributed by atoms with Gasteiger partial charge in [-0.1, -0.05) is 30.3 Å². The zero-order valence-electron chi connectivity index (χ0n) is 12.6. The van der Waals surface area contributed by atoms with E-state index in [0.717, 1.165) is 22.8 Å². The van der Waals surface area contributed by atoms with E-state index in [1.807, 2.05) is 19.1 Å². The molecule has 1 aromatic heterocycles. The molecule has 22 heavy (non-hydrogen) atoms. The van der Waals surface area contributed by atoms with Gasteiger partial charge in [0.2, 0.25) is 0 Å². The van der Waals surface area contributed by atoms with Crippen molar-refractivity contribution in [3.05, 3.63) is 71.6 Å². The van der Waals surface area contributed by atoms with E-state index in [-0.39, 0.29) is 6.10 Å². The number of allylic oxidation sites excluding steroid dienone is 1. The Morgan fingerprint density at radius 3 is 2.59 bits per heavy atom. The quantitative estimate of drug-likeness (QED) is 0.689. The topological polar surface area (TPSA) is 23.4 Å². The van der Waals surface area contributed by atoms with E-state index in [1.165, 1.54) is 10.9 Å². The van der Waals surface area contributed by atoms with Crippen molar-refractivity contribution in [1.29, 1.82) is 0 Å². The van der Waals surface area contributed by atoms with Crippen LogP contribution in [0.1, 0.15) is 24.3 Å². The summed E-state index contributed by atoms with van der Waals surface area (Å²) in [5, 5.41) is 1.23. The van der Waals surface area contributed by atoms with Crippen molar-refractivity contribution in [2.75, 3.05) is 7.11 Å². The Hall–Kier alpha value is -2.68. The van der Waals surface area contributed by atoms with Gasteiger partial charge in [-0.05, 0) is 36.8 Å². The second-order valence-electron chi connectivity index (χ2n) is 5.51. The number of fused-ring (bicyclic) bond motifs is 3. The number of methoxy groups -OCH3 is 1. The van der Waals surface area contributed by atoms with Gasteiger partial charge < -0.3 is 14.0 Å². The fourth-order valence-corrected chi connectivity index (χ4v) is 3.02. The van der Waals surface area contributed by atoms with Crippen LogP contribution in [0.15, 0.2) is 60.4 Å². The fourth-order valence-electron chi connectivity index (χ4n) is 3.02.